The van der Waals surface area contributed by atoms with Crippen LogP contribution in [0.25, 0.3) is 0 Å². The molecular weight excluding hydrogens is 514 g/mol. The highest BCUT2D eigenvalue weighted by atomic mass is 32.2. The highest BCUT2D eigenvalue weighted by molar-refractivity contribution is 8.01. The van der Waals surface area contributed by atoms with E-state index in [1.807, 2.05) is 12.1 Å². The molecule has 35 heavy (non-hydrogen) atoms. The Morgan fingerprint density at radius 3 is 2.83 bits per heavy atom. The zero-order chi connectivity index (χ0) is 24.9. The van der Waals surface area contributed by atoms with Crippen LogP contribution in [0.4, 0.5) is 4.79 Å². The number of carbonyl (C=O) groups excluding carboxylic acids is 2. The van der Waals surface area contributed by atoms with Crippen LogP contribution in [0.2, 0.25) is 0 Å². The van der Waals surface area contributed by atoms with Gasteiger partial charge in [-0.25, -0.2) is 14.7 Å². The minimum absolute atomic E-state index is 0.0686. The van der Waals surface area contributed by atoms with Crippen LogP contribution in [0.5, 0.6) is 0 Å². The molecule has 2 aliphatic heterocycles. The number of aromatic nitrogens is 5. The number of rotatable bonds is 10. The molecule has 13 nitrogen and oxygen atoms in total. The Bertz CT molecular complexity index is 1150. The van der Waals surface area contributed by atoms with Crippen LogP contribution in [0.3, 0.4) is 0 Å². The van der Waals surface area contributed by atoms with E-state index in [0.717, 1.165) is 5.56 Å². The summed E-state index contributed by atoms with van der Waals surface area (Å²) in [5.74, 6) is -1.21. The van der Waals surface area contributed by atoms with Gasteiger partial charge in [0.1, 0.15) is 17.1 Å². The van der Waals surface area contributed by atoms with Crippen molar-refractivity contribution in [2.45, 2.75) is 34.7 Å². The van der Waals surface area contributed by atoms with Crippen molar-refractivity contribution < 1.29 is 19.5 Å². The number of H-pyrrole nitrogens is 1. The molecule has 1 fully saturated rings. The molecule has 184 valence electrons. The third-order valence-electron chi connectivity index (χ3n) is 5.31. The van der Waals surface area contributed by atoms with Crippen molar-refractivity contribution in [1.82, 2.24) is 41.1 Å². The van der Waals surface area contributed by atoms with E-state index in [1.165, 1.54) is 28.4 Å². The number of nitrogens with zero attached hydrogens (tertiary/aromatic N) is 5. The summed E-state index contributed by atoms with van der Waals surface area (Å²) < 4.78 is 0. The Morgan fingerprint density at radius 1 is 1.40 bits per heavy atom. The van der Waals surface area contributed by atoms with Crippen molar-refractivity contribution in [3.8, 4) is 0 Å². The molecule has 0 radical (unpaired) electrons. The minimum Gasteiger partial charge on any atom is -0.477 e. The first-order valence-corrected chi connectivity index (χ1v) is 12.7. The lowest BCUT2D eigenvalue weighted by molar-refractivity contribution is -0.148. The number of primary amides is 1. The molecule has 2 unspecified atom stereocenters. The molecule has 2 aromatic heterocycles. The van der Waals surface area contributed by atoms with Gasteiger partial charge in [0.25, 0.3) is 5.91 Å². The molecule has 6 N–H and O–H groups in total. The van der Waals surface area contributed by atoms with E-state index in [4.69, 9.17) is 18.0 Å². The Hall–Kier alpha value is -3.24. The Kier molecular flexibility index (Phi) is 7.82. The number of urea groups is 1. The second-order valence-corrected chi connectivity index (χ2v) is 10.3. The summed E-state index contributed by atoms with van der Waals surface area (Å²) in [5.41, 5.74) is 6.59. The number of thioether (sulfide) groups is 2. The van der Waals surface area contributed by atoms with E-state index in [9.17, 15) is 19.5 Å². The molecule has 0 aliphatic carbocycles. The van der Waals surface area contributed by atoms with Crippen molar-refractivity contribution in [3.05, 3.63) is 41.4 Å². The maximum Gasteiger partial charge on any atom is 0.352 e. The van der Waals surface area contributed by atoms with Gasteiger partial charge in [0.2, 0.25) is 5.16 Å². The number of tetrazole rings is 1. The SMILES string of the molecule is NC(=O)NCCC(Sc1nnn[nH]1)C1=C(C(=O)O)N2C(=O)C(NC(=S)Cc3ccncc3)[C@@H]2SC1. The second kappa shape index (κ2) is 11.0. The number of β-lactam (4-membered cyclic amide) rings is 1. The number of hydrogen-bond acceptors (Lipinski definition) is 10. The van der Waals surface area contributed by atoms with Crippen LogP contribution in [-0.2, 0) is 16.0 Å². The quantitative estimate of drug-likeness (QED) is 0.154. The van der Waals surface area contributed by atoms with Crippen molar-refractivity contribution in [2.75, 3.05) is 12.3 Å². The fourth-order valence-corrected chi connectivity index (χ4v) is 6.61. The van der Waals surface area contributed by atoms with Gasteiger partial charge in [0.15, 0.2) is 0 Å². The van der Waals surface area contributed by atoms with Crippen LogP contribution in [0.15, 0.2) is 41.0 Å². The monoisotopic (exact) mass is 535 g/mol. The maximum atomic E-state index is 13.1. The van der Waals surface area contributed by atoms with Gasteiger partial charge >= 0.3 is 12.0 Å². The van der Waals surface area contributed by atoms with Crippen LogP contribution in [-0.4, -0.2) is 87.5 Å². The van der Waals surface area contributed by atoms with Crippen LogP contribution in [0.1, 0.15) is 12.0 Å². The zero-order valence-electron chi connectivity index (χ0n) is 18.1. The number of carbonyl (C=O) groups is 3. The molecule has 3 amide bonds. The van der Waals surface area contributed by atoms with Gasteiger partial charge in [0, 0.05) is 36.4 Å². The molecule has 1 saturated heterocycles. The number of carboxylic acids is 1. The first kappa shape index (κ1) is 24.9. The lowest BCUT2D eigenvalue weighted by atomic mass is 10.00. The topological polar surface area (TPSA) is 192 Å². The number of pyridine rings is 1. The van der Waals surface area contributed by atoms with Crippen LogP contribution >= 0.6 is 35.7 Å². The van der Waals surface area contributed by atoms with Gasteiger partial charge in [-0.2, -0.15) is 0 Å². The summed E-state index contributed by atoms with van der Waals surface area (Å²) >= 11 is 8.09. The van der Waals surface area contributed by atoms with Gasteiger partial charge in [-0.3, -0.25) is 14.7 Å². The molecular formula is C19H21N9O4S3. The highest BCUT2D eigenvalue weighted by Gasteiger charge is 2.54. The Morgan fingerprint density at radius 2 is 2.17 bits per heavy atom. The average molecular weight is 536 g/mol. The van der Waals surface area contributed by atoms with Crippen LogP contribution < -0.4 is 16.4 Å². The third-order valence-corrected chi connectivity index (χ3v) is 8.07. The van der Waals surface area contributed by atoms with Gasteiger partial charge in [-0.1, -0.05) is 24.0 Å². The number of nitrogens with two attached hydrogens (primary N) is 1. The molecule has 3 atom stereocenters. The van der Waals surface area contributed by atoms with Gasteiger partial charge in [0.05, 0.1) is 4.99 Å². The largest absolute Gasteiger partial charge is 0.477 e. The molecule has 0 bridgehead atoms. The summed E-state index contributed by atoms with van der Waals surface area (Å²) in [6, 6.07) is 2.37. The number of nitrogens with one attached hydrogen (secondary N) is 3. The smallest absolute Gasteiger partial charge is 0.352 e. The fraction of sp³-hybridized carbons (Fsp3) is 0.368. The lowest BCUT2D eigenvalue weighted by Gasteiger charge is -2.50. The molecule has 4 rings (SSSR count). The molecule has 16 heteroatoms. The first-order chi connectivity index (χ1) is 16.8. The Balaban J connectivity index is 1.51. The minimum atomic E-state index is -1.21. The van der Waals surface area contributed by atoms with E-state index in [2.05, 4.69) is 36.2 Å². The number of amides is 3. The standard InChI is InChI=1S/C19H21N9O4S3/c20-18(32)22-6-3-11(35-19-24-26-27-25-19)10-8-34-16-13(15(29)28(16)14(10)17(30)31)23-12(33)7-9-1-4-21-5-2-9/h1-2,4-5,11,13,16H,3,6-8H2,(H,23,33)(H,30,31)(H3,20,22,32)(H,24,25,26,27)/t11?,13?,16-/m0/s1. The van der Waals surface area contributed by atoms with E-state index in [-0.39, 0.29) is 18.1 Å². The van der Waals surface area contributed by atoms with Crippen molar-refractivity contribution in [2.24, 2.45) is 5.73 Å². The van der Waals surface area contributed by atoms with Gasteiger partial charge in [-0.05, 0) is 40.1 Å². The number of hydrogen-bond donors (Lipinski definition) is 5. The predicted molar refractivity (Wildman–Crippen MR) is 131 cm³/mol. The summed E-state index contributed by atoms with van der Waals surface area (Å²) in [6.07, 6.45) is 4.13. The summed E-state index contributed by atoms with van der Waals surface area (Å²) in [5, 5.41) is 28.8. The van der Waals surface area contributed by atoms with E-state index >= 15 is 0 Å². The van der Waals surface area contributed by atoms with Crippen molar-refractivity contribution in [1.29, 1.82) is 0 Å². The normalized spacial score (nSPS) is 20.0. The molecule has 2 aromatic rings. The molecule has 0 saturated carbocycles. The predicted octanol–water partition coefficient (Wildman–Crippen LogP) is -0.104. The molecule has 0 aromatic carbocycles. The number of aliphatic carboxylic acids is 1. The number of aromatic amines is 1. The molecule has 0 spiro atoms. The molecule has 2 aliphatic rings. The Labute approximate surface area is 213 Å². The third kappa shape index (κ3) is 5.71. The summed E-state index contributed by atoms with van der Waals surface area (Å²) in [4.78, 5) is 42.2. The highest BCUT2D eigenvalue weighted by Crippen LogP contribution is 2.44. The number of carboxylic acid groups (broad SMARTS) is 1. The van der Waals surface area contributed by atoms with E-state index in [0.29, 0.717) is 34.3 Å². The van der Waals surface area contributed by atoms with Gasteiger partial charge in [-0.15, -0.1) is 16.9 Å². The van der Waals surface area contributed by atoms with Crippen LogP contribution in [0, 0.1) is 0 Å². The summed E-state index contributed by atoms with van der Waals surface area (Å²) in [6.45, 7) is 0.209. The first-order valence-electron chi connectivity index (χ1n) is 10.4. The number of fused-ring (bicyclic) bond motifs is 1. The second-order valence-electron chi connectivity index (χ2n) is 7.56. The van der Waals surface area contributed by atoms with Crippen molar-refractivity contribution >= 4 is 58.6 Å². The van der Waals surface area contributed by atoms with E-state index in [1.54, 1.807) is 12.4 Å². The van der Waals surface area contributed by atoms with Gasteiger partial charge < -0.3 is 21.5 Å². The van der Waals surface area contributed by atoms with Crippen molar-refractivity contribution in [3.63, 3.8) is 0 Å². The fourth-order valence-electron chi connectivity index (χ4n) is 3.77. The molecule has 4 heterocycles. The summed E-state index contributed by atoms with van der Waals surface area (Å²) in [7, 11) is 0. The maximum absolute atomic E-state index is 13.1. The number of thiocarbonyl (C=S) groups is 1. The van der Waals surface area contributed by atoms with E-state index < -0.39 is 28.7 Å². The zero-order valence-corrected chi connectivity index (χ0v) is 20.5. The average Bonchev–Trinajstić information content (AvgIpc) is 3.34. The lowest BCUT2D eigenvalue weighted by Crippen LogP contribution is -2.70.